The fourth-order valence-corrected chi connectivity index (χ4v) is 4.08. The second-order valence-corrected chi connectivity index (χ2v) is 7.34. The molecule has 2 unspecified atom stereocenters. The van der Waals surface area contributed by atoms with Gasteiger partial charge < -0.3 is 10.2 Å². The zero-order chi connectivity index (χ0) is 17.1. The lowest BCUT2D eigenvalue weighted by Gasteiger charge is -2.45. The van der Waals surface area contributed by atoms with Crippen molar-refractivity contribution in [3.8, 4) is 0 Å². The number of carbonyl (C=O) groups excluding carboxylic acids is 1. The van der Waals surface area contributed by atoms with E-state index in [4.69, 9.17) is 0 Å². The highest BCUT2D eigenvalue weighted by atomic mass is 35.5. The van der Waals surface area contributed by atoms with Gasteiger partial charge in [0.2, 0.25) is 5.91 Å². The summed E-state index contributed by atoms with van der Waals surface area (Å²) in [6.45, 7) is 10.2. The number of halogens is 1. The van der Waals surface area contributed by atoms with E-state index in [1.807, 2.05) is 0 Å². The molecule has 0 spiro atoms. The molecule has 2 aliphatic heterocycles. The molecule has 5 heteroatoms. The fourth-order valence-electron chi connectivity index (χ4n) is 4.08. The monoisotopic (exact) mass is 365 g/mol. The van der Waals surface area contributed by atoms with Crippen molar-refractivity contribution in [1.82, 2.24) is 15.1 Å². The molecule has 1 amide bonds. The Morgan fingerprint density at radius 3 is 2.52 bits per heavy atom. The molecule has 2 saturated heterocycles. The maximum atomic E-state index is 13.0. The Kier molecular flexibility index (Phi) is 7.29. The van der Waals surface area contributed by atoms with Crippen LogP contribution in [0.5, 0.6) is 0 Å². The number of hydrogen-bond acceptors (Lipinski definition) is 3. The molecule has 2 atom stereocenters. The quantitative estimate of drug-likeness (QED) is 0.890. The minimum atomic E-state index is 0. The summed E-state index contributed by atoms with van der Waals surface area (Å²) in [6.07, 6.45) is 3.17. The summed E-state index contributed by atoms with van der Waals surface area (Å²) in [5.74, 6) is 0.327. The minimum absolute atomic E-state index is 0. The van der Waals surface area contributed by atoms with Gasteiger partial charge in [0.15, 0.2) is 0 Å². The van der Waals surface area contributed by atoms with Crippen LogP contribution in [0, 0.1) is 0 Å². The number of piperidine rings is 1. The van der Waals surface area contributed by atoms with Gasteiger partial charge in [-0.1, -0.05) is 31.2 Å². The van der Waals surface area contributed by atoms with Crippen LogP contribution in [0.3, 0.4) is 0 Å². The number of carbonyl (C=O) groups is 1. The maximum absolute atomic E-state index is 13.0. The number of rotatable bonds is 4. The molecule has 2 aliphatic rings. The van der Waals surface area contributed by atoms with E-state index in [2.05, 4.69) is 60.2 Å². The highest BCUT2D eigenvalue weighted by Crippen LogP contribution is 2.29. The van der Waals surface area contributed by atoms with E-state index in [1.54, 1.807) is 0 Å². The smallest absolute Gasteiger partial charge is 0.240 e. The summed E-state index contributed by atoms with van der Waals surface area (Å²) in [4.78, 5) is 17.5. The van der Waals surface area contributed by atoms with Crippen LogP contribution in [0.4, 0.5) is 0 Å². The highest BCUT2D eigenvalue weighted by molar-refractivity contribution is 5.85. The molecule has 4 nitrogen and oxygen atoms in total. The lowest BCUT2D eigenvalue weighted by atomic mass is 9.95. The molecule has 3 rings (SSSR count). The van der Waals surface area contributed by atoms with E-state index in [9.17, 15) is 4.79 Å². The van der Waals surface area contributed by atoms with Crippen LogP contribution in [0.15, 0.2) is 24.3 Å². The van der Waals surface area contributed by atoms with Gasteiger partial charge in [-0.2, -0.15) is 0 Å². The lowest BCUT2D eigenvalue weighted by Crippen LogP contribution is -2.59. The summed E-state index contributed by atoms with van der Waals surface area (Å²) < 4.78 is 0. The van der Waals surface area contributed by atoms with Gasteiger partial charge in [0, 0.05) is 38.3 Å². The number of nitrogens with one attached hydrogen (secondary N) is 1. The first-order valence-electron chi connectivity index (χ1n) is 9.47. The van der Waals surface area contributed by atoms with Crippen molar-refractivity contribution in [1.29, 1.82) is 0 Å². The topological polar surface area (TPSA) is 35.6 Å². The average Bonchev–Trinajstić information content (AvgIpc) is 2.62. The molecule has 1 aromatic carbocycles. The summed E-state index contributed by atoms with van der Waals surface area (Å²) in [7, 11) is 0. The Morgan fingerprint density at radius 2 is 1.88 bits per heavy atom. The number of amides is 1. The fraction of sp³-hybridized carbons (Fsp3) is 0.650. The van der Waals surface area contributed by atoms with Gasteiger partial charge >= 0.3 is 0 Å². The van der Waals surface area contributed by atoms with E-state index in [-0.39, 0.29) is 18.4 Å². The molecule has 25 heavy (non-hydrogen) atoms. The first kappa shape index (κ1) is 20.2. The summed E-state index contributed by atoms with van der Waals surface area (Å²) in [5, 5.41) is 3.51. The van der Waals surface area contributed by atoms with Gasteiger partial charge in [0.25, 0.3) is 0 Å². The predicted molar refractivity (Wildman–Crippen MR) is 105 cm³/mol. The Labute approximate surface area is 158 Å². The van der Waals surface area contributed by atoms with Crippen molar-refractivity contribution in [3.63, 3.8) is 0 Å². The number of aryl methyl sites for hydroxylation is 1. The largest absolute Gasteiger partial charge is 0.339 e. The minimum Gasteiger partial charge on any atom is -0.339 e. The van der Waals surface area contributed by atoms with E-state index in [1.165, 1.54) is 11.1 Å². The molecule has 0 aromatic heterocycles. The molecular formula is C20H32ClN3O. The van der Waals surface area contributed by atoms with Gasteiger partial charge in [0.05, 0.1) is 6.04 Å². The average molecular weight is 366 g/mol. The van der Waals surface area contributed by atoms with Crippen molar-refractivity contribution >= 4 is 18.3 Å². The van der Waals surface area contributed by atoms with Crippen LogP contribution in [0.2, 0.25) is 0 Å². The van der Waals surface area contributed by atoms with E-state index in [0.29, 0.717) is 18.0 Å². The third-order valence-electron chi connectivity index (χ3n) is 5.53. The summed E-state index contributed by atoms with van der Waals surface area (Å²) in [6, 6.07) is 9.58. The molecule has 0 aliphatic carbocycles. The molecule has 1 aromatic rings. The highest BCUT2D eigenvalue weighted by Gasteiger charge is 2.38. The second-order valence-electron chi connectivity index (χ2n) is 7.34. The zero-order valence-corrected chi connectivity index (χ0v) is 16.5. The Morgan fingerprint density at radius 1 is 1.16 bits per heavy atom. The van der Waals surface area contributed by atoms with Crippen LogP contribution < -0.4 is 5.32 Å². The molecule has 1 N–H and O–H groups in total. The second kappa shape index (κ2) is 9.02. The normalized spacial score (nSPS) is 25.1. The van der Waals surface area contributed by atoms with Gasteiger partial charge in [0.1, 0.15) is 0 Å². The van der Waals surface area contributed by atoms with E-state index < -0.39 is 0 Å². The molecule has 0 radical (unpaired) electrons. The number of benzene rings is 1. The molecule has 2 fully saturated rings. The number of piperazine rings is 1. The van der Waals surface area contributed by atoms with Crippen molar-refractivity contribution < 1.29 is 4.79 Å². The van der Waals surface area contributed by atoms with E-state index >= 15 is 0 Å². The lowest BCUT2D eigenvalue weighted by molar-refractivity contribution is -0.143. The van der Waals surface area contributed by atoms with Crippen molar-refractivity contribution in [3.05, 3.63) is 35.4 Å². The summed E-state index contributed by atoms with van der Waals surface area (Å²) >= 11 is 0. The molecule has 0 bridgehead atoms. The Bertz CT molecular complexity index is 561. The van der Waals surface area contributed by atoms with Crippen molar-refractivity contribution in [2.24, 2.45) is 0 Å². The Balaban J connectivity index is 0.00000225. The number of hydrogen-bond donors (Lipinski definition) is 1. The predicted octanol–water partition coefficient (Wildman–Crippen LogP) is 3.02. The van der Waals surface area contributed by atoms with Gasteiger partial charge in [-0.3, -0.25) is 9.69 Å². The standard InChI is InChI=1S/C20H31N3O.ClH/c1-4-16-7-9-17(10-8-16)19-14-21-11-13-23(19)18-6-5-12-22(15(2)3)20(18)24;/h7-10,15,18-19,21H,4-6,11-14H2,1-3H3;1H. The third kappa shape index (κ3) is 4.36. The first-order chi connectivity index (χ1) is 11.6. The van der Waals surface area contributed by atoms with Crippen LogP contribution in [-0.2, 0) is 11.2 Å². The molecular weight excluding hydrogens is 334 g/mol. The Hall–Kier alpha value is -1.10. The van der Waals surface area contributed by atoms with Gasteiger partial charge in [-0.25, -0.2) is 0 Å². The number of likely N-dealkylation sites (tertiary alicyclic amines) is 1. The zero-order valence-electron chi connectivity index (χ0n) is 15.7. The van der Waals surface area contributed by atoms with Crippen molar-refractivity contribution in [2.45, 2.75) is 58.2 Å². The molecule has 0 saturated carbocycles. The molecule has 2 heterocycles. The van der Waals surface area contributed by atoms with Crippen LogP contribution in [0.1, 0.15) is 50.8 Å². The SMILES string of the molecule is CCc1ccc(C2CNCCN2C2CCCN(C(C)C)C2=O)cc1.Cl. The van der Waals surface area contributed by atoms with Gasteiger partial charge in [-0.05, 0) is 44.2 Å². The van der Waals surface area contributed by atoms with Crippen LogP contribution >= 0.6 is 12.4 Å². The van der Waals surface area contributed by atoms with Crippen LogP contribution in [-0.4, -0.2) is 54.0 Å². The maximum Gasteiger partial charge on any atom is 0.240 e. The summed E-state index contributed by atoms with van der Waals surface area (Å²) in [5.41, 5.74) is 2.70. The molecule has 140 valence electrons. The van der Waals surface area contributed by atoms with Crippen molar-refractivity contribution in [2.75, 3.05) is 26.2 Å². The van der Waals surface area contributed by atoms with E-state index in [0.717, 1.165) is 45.4 Å². The number of nitrogens with zero attached hydrogens (tertiary/aromatic N) is 2. The van der Waals surface area contributed by atoms with Crippen LogP contribution in [0.25, 0.3) is 0 Å². The first-order valence-corrected chi connectivity index (χ1v) is 9.47. The van der Waals surface area contributed by atoms with Gasteiger partial charge in [-0.15, -0.1) is 12.4 Å². The third-order valence-corrected chi connectivity index (χ3v) is 5.53.